The molecule has 0 aliphatic heterocycles. The molecule has 0 bridgehead atoms. The third-order valence-corrected chi connectivity index (χ3v) is 3.28. The third kappa shape index (κ3) is 2.85. The standard InChI is InChI=1S/C15H18ClN3O/c1-4-6-14-13(15(20)18(2)3)10-17-19(14)12-8-5-7-11(16)9-12/h5,7-10H,4,6H2,1-3H3. The van der Waals surface area contributed by atoms with Gasteiger partial charge in [-0.25, -0.2) is 4.68 Å². The van der Waals surface area contributed by atoms with Crippen molar-refractivity contribution < 1.29 is 4.79 Å². The van der Waals surface area contributed by atoms with Crippen LogP contribution in [0.1, 0.15) is 29.4 Å². The summed E-state index contributed by atoms with van der Waals surface area (Å²) >= 11 is 6.03. The molecule has 2 aromatic rings. The van der Waals surface area contributed by atoms with E-state index < -0.39 is 0 Å². The van der Waals surface area contributed by atoms with E-state index in [-0.39, 0.29) is 5.91 Å². The van der Waals surface area contributed by atoms with Crippen LogP contribution in [0.25, 0.3) is 5.69 Å². The van der Waals surface area contributed by atoms with E-state index in [2.05, 4.69) is 12.0 Å². The van der Waals surface area contributed by atoms with Gasteiger partial charge in [0.1, 0.15) is 0 Å². The number of hydrogen-bond donors (Lipinski definition) is 0. The van der Waals surface area contributed by atoms with Crippen LogP contribution in [0.5, 0.6) is 0 Å². The molecule has 1 amide bonds. The molecule has 5 heteroatoms. The second kappa shape index (κ2) is 6.09. The van der Waals surface area contributed by atoms with E-state index in [0.717, 1.165) is 24.2 Å². The highest BCUT2D eigenvalue weighted by molar-refractivity contribution is 6.30. The molecule has 2 rings (SSSR count). The van der Waals surface area contributed by atoms with Crippen LogP contribution in [0.3, 0.4) is 0 Å². The summed E-state index contributed by atoms with van der Waals surface area (Å²) in [5, 5.41) is 5.01. The maximum absolute atomic E-state index is 12.2. The normalized spacial score (nSPS) is 10.6. The van der Waals surface area contributed by atoms with Gasteiger partial charge >= 0.3 is 0 Å². The maximum Gasteiger partial charge on any atom is 0.256 e. The molecule has 0 saturated carbocycles. The zero-order chi connectivity index (χ0) is 14.7. The van der Waals surface area contributed by atoms with Gasteiger partial charge in [0.05, 0.1) is 23.1 Å². The van der Waals surface area contributed by atoms with Crippen molar-refractivity contribution >= 4 is 17.5 Å². The summed E-state index contributed by atoms with van der Waals surface area (Å²) < 4.78 is 1.80. The molecule has 0 unspecified atom stereocenters. The minimum Gasteiger partial charge on any atom is -0.345 e. The number of rotatable bonds is 4. The Kier molecular flexibility index (Phi) is 4.45. The van der Waals surface area contributed by atoms with E-state index in [0.29, 0.717) is 10.6 Å². The molecule has 0 saturated heterocycles. The lowest BCUT2D eigenvalue weighted by atomic mass is 10.1. The summed E-state index contributed by atoms with van der Waals surface area (Å²) in [6.45, 7) is 2.08. The molecule has 1 heterocycles. The van der Waals surface area contributed by atoms with Crippen LogP contribution in [0.4, 0.5) is 0 Å². The summed E-state index contributed by atoms with van der Waals surface area (Å²) in [5.41, 5.74) is 2.45. The minimum atomic E-state index is -0.0262. The number of amides is 1. The lowest BCUT2D eigenvalue weighted by Gasteiger charge is -2.12. The molecular weight excluding hydrogens is 274 g/mol. The molecule has 0 radical (unpaired) electrons. The van der Waals surface area contributed by atoms with Gasteiger partial charge < -0.3 is 4.90 Å². The molecule has 1 aromatic carbocycles. The van der Waals surface area contributed by atoms with E-state index >= 15 is 0 Å². The predicted molar refractivity (Wildman–Crippen MR) is 80.6 cm³/mol. The molecule has 20 heavy (non-hydrogen) atoms. The van der Waals surface area contributed by atoms with E-state index in [4.69, 9.17) is 11.6 Å². The van der Waals surface area contributed by atoms with Crippen molar-refractivity contribution in [1.82, 2.24) is 14.7 Å². The topological polar surface area (TPSA) is 38.1 Å². The van der Waals surface area contributed by atoms with Crippen LogP contribution in [0, 0.1) is 0 Å². The second-order valence-electron chi connectivity index (χ2n) is 4.85. The number of carbonyl (C=O) groups excluding carboxylic acids is 1. The van der Waals surface area contributed by atoms with Crippen LogP contribution in [0.2, 0.25) is 5.02 Å². The van der Waals surface area contributed by atoms with Crippen molar-refractivity contribution in [2.24, 2.45) is 0 Å². The molecule has 4 nitrogen and oxygen atoms in total. The average molecular weight is 292 g/mol. The van der Waals surface area contributed by atoms with Crippen LogP contribution in [-0.2, 0) is 6.42 Å². The first-order valence-electron chi connectivity index (χ1n) is 6.59. The highest BCUT2D eigenvalue weighted by atomic mass is 35.5. The van der Waals surface area contributed by atoms with Crippen LogP contribution < -0.4 is 0 Å². The summed E-state index contributed by atoms with van der Waals surface area (Å²) in [6.07, 6.45) is 3.37. The fourth-order valence-electron chi connectivity index (χ4n) is 2.10. The van der Waals surface area contributed by atoms with Crippen molar-refractivity contribution in [3.8, 4) is 5.69 Å². The largest absolute Gasteiger partial charge is 0.345 e. The highest BCUT2D eigenvalue weighted by Gasteiger charge is 2.19. The van der Waals surface area contributed by atoms with E-state index in [1.165, 1.54) is 0 Å². The average Bonchev–Trinajstić information content (AvgIpc) is 2.82. The highest BCUT2D eigenvalue weighted by Crippen LogP contribution is 2.20. The molecule has 1 aromatic heterocycles. The number of halogens is 1. The fraction of sp³-hybridized carbons (Fsp3) is 0.333. The van der Waals surface area contributed by atoms with Gasteiger partial charge in [-0.1, -0.05) is 31.0 Å². The molecule has 0 fully saturated rings. The maximum atomic E-state index is 12.2. The lowest BCUT2D eigenvalue weighted by Crippen LogP contribution is -2.22. The summed E-state index contributed by atoms with van der Waals surface area (Å²) in [7, 11) is 3.49. The second-order valence-corrected chi connectivity index (χ2v) is 5.28. The van der Waals surface area contributed by atoms with Crippen LogP contribution in [-0.4, -0.2) is 34.7 Å². The van der Waals surface area contributed by atoms with Crippen molar-refractivity contribution in [3.05, 3.63) is 46.7 Å². The van der Waals surface area contributed by atoms with Gasteiger partial charge in [-0.3, -0.25) is 4.79 Å². The Labute approximate surface area is 124 Å². The first-order chi connectivity index (χ1) is 9.54. The lowest BCUT2D eigenvalue weighted by molar-refractivity contribution is 0.0826. The fourth-order valence-corrected chi connectivity index (χ4v) is 2.29. The summed E-state index contributed by atoms with van der Waals surface area (Å²) in [6, 6.07) is 7.47. The number of aromatic nitrogens is 2. The zero-order valence-corrected chi connectivity index (χ0v) is 12.7. The van der Waals surface area contributed by atoms with Crippen molar-refractivity contribution in [1.29, 1.82) is 0 Å². The molecular formula is C15H18ClN3O. The first-order valence-corrected chi connectivity index (χ1v) is 6.97. The summed E-state index contributed by atoms with van der Waals surface area (Å²) in [5.74, 6) is -0.0262. The first kappa shape index (κ1) is 14.6. The number of carbonyl (C=O) groups is 1. The van der Waals surface area contributed by atoms with Gasteiger partial charge in [0.25, 0.3) is 5.91 Å². The molecule has 0 spiro atoms. The van der Waals surface area contributed by atoms with Gasteiger partial charge in [-0.15, -0.1) is 0 Å². The van der Waals surface area contributed by atoms with Gasteiger partial charge in [-0.05, 0) is 24.6 Å². The smallest absolute Gasteiger partial charge is 0.256 e. The van der Waals surface area contributed by atoms with Crippen molar-refractivity contribution in [2.75, 3.05) is 14.1 Å². The van der Waals surface area contributed by atoms with E-state index in [1.54, 1.807) is 29.9 Å². The van der Waals surface area contributed by atoms with Gasteiger partial charge in [0.2, 0.25) is 0 Å². The Morgan fingerprint density at radius 2 is 2.15 bits per heavy atom. The Hall–Kier alpha value is -1.81. The van der Waals surface area contributed by atoms with Crippen molar-refractivity contribution in [3.63, 3.8) is 0 Å². The molecule has 0 aliphatic rings. The minimum absolute atomic E-state index is 0.0262. The number of nitrogens with zero attached hydrogens (tertiary/aromatic N) is 3. The molecule has 0 atom stereocenters. The Morgan fingerprint density at radius 1 is 1.40 bits per heavy atom. The number of benzene rings is 1. The monoisotopic (exact) mass is 291 g/mol. The molecule has 0 N–H and O–H groups in total. The van der Waals surface area contributed by atoms with Gasteiger partial charge in [-0.2, -0.15) is 5.10 Å². The Balaban J connectivity index is 2.52. The van der Waals surface area contributed by atoms with E-state index in [9.17, 15) is 4.79 Å². The van der Waals surface area contributed by atoms with E-state index in [1.807, 2.05) is 24.3 Å². The van der Waals surface area contributed by atoms with Gasteiger partial charge in [0, 0.05) is 19.1 Å². The summed E-state index contributed by atoms with van der Waals surface area (Å²) in [4.78, 5) is 13.8. The molecule has 0 aliphatic carbocycles. The molecule has 106 valence electrons. The quantitative estimate of drug-likeness (QED) is 0.868. The Morgan fingerprint density at radius 3 is 2.75 bits per heavy atom. The predicted octanol–water partition coefficient (Wildman–Crippen LogP) is 3.18. The van der Waals surface area contributed by atoms with Crippen LogP contribution in [0.15, 0.2) is 30.5 Å². The van der Waals surface area contributed by atoms with Crippen molar-refractivity contribution in [2.45, 2.75) is 19.8 Å². The SMILES string of the molecule is CCCc1c(C(=O)N(C)C)cnn1-c1cccc(Cl)c1. The van der Waals surface area contributed by atoms with Gasteiger partial charge in [0.15, 0.2) is 0 Å². The Bertz CT molecular complexity index is 619. The zero-order valence-electron chi connectivity index (χ0n) is 11.9. The number of hydrogen-bond acceptors (Lipinski definition) is 2. The third-order valence-electron chi connectivity index (χ3n) is 3.05. The van der Waals surface area contributed by atoms with Crippen LogP contribution >= 0.6 is 11.6 Å².